The number of allylic oxidation sites excluding steroid dienone is 1. The topological polar surface area (TPSA) is 69.1 Å². The van der Waals surface area contributed by atoms with E-state index >= 15 is 0 Å². The predicted octanol–water partition coefficient (Wildman–Crippen LogP) is -0.623. The van der Waals surface area contributed by atoms with Gasteiger partial charge in [-0.05, 0) is 6.92 Å². The summed E-state index contributed by atoms with van der Waals surface area (Å²) < 4.78 is 0. The highest BCUT2D eigenvalue weighted by atomic mass is 16.1. The van der Waals surface area contributed by atoms with Crippen molar-refractivity contribution in [1.82, 2.24) is 0 Å². The molecule has 0 unspecified atom stereocenters. The Morgan fingerprint density at radius 3 is 2.38 bits per heavy atom. The molecule has 8 heavy (non-hydrogen) atoms. The van der Waals surface area contributed by atoms with Crippen LogP contribution >= 0.6 is 0 Å². The molecule has 0 aromatic carbocycles. The van der Waals surface area contributed by atoms with Gasteiger partial charge < -0.3 is 11.5 Å². The zero-order valence-electron chi connectivity index (χ0n) is 4.85. The summed E-state index contributed by atoms with van der Waals surface area (Å²) in [5.74, 6) is -0.134. The van der Waals surface area contributed by atoms with Gasteiger partial charge in [0.15, 0.2) is 5.78 Å². The van der Waals surface area contributed by atoms with E-state index in [1.54, 1.807) is 6.92 Å². The first kappa shape index (κ1) is 7.17. The van der Waals surface area contributed by atoms with Crippen molar-refractivity contribution in [2.75, 3.05) is 6.54 Å². The van der Waals surface area contributed by atoms with Crippen molar-refractivity contribution in [3.05, 3.63) is 11.8 Å². The van der Waals surface area contributed by atoms with Crippen LogP contribution in [0.2, 0.25) is 0 Å². The van der Waals surface area contributed by atoms with Gasteiger partial charge in [-0.3, -0.25) is 4.79 Å². The smallest absolute Gasteiger partial charge is 0.170 e. The number of ketones is 1. The molecule has 0 saturated heterocycles. The van der Waals surface area contributed by atoms with E-state index in [0.717, 1.165) is 0 Å². The number of hydrogen-bond acceptors (Lipinski definition) is 3. The Balaban J connectivity index is 3.70. The van der Waals surface area contributed by atoms with E-state index in [2.05, 4.69) is 0 Å². The average molecular weight is 114 g/mol. The van der Waals surface area contributed by atoms with Gasteiger partial charge >= 0.3 is 0 Å². The van der Waals surface area contributed by atoms with E-state index in [1.807, 2.05) is 0 Å². The van der Waals surface area contributed by atoms with Crippen LogP contribution in [0.4, 0.5) is 0 Å². The SMILES string of the molecule is CC(N)=CC(=O)CN. The Bertz CT molecular complexity index is 114. The van der Waals surface area contributed by atoms with Crippen molar-refractivity contribution >= 4 is 5.78 Å². The second-order valence-electron chi connectivity index (χ2n) is 1.56. The summed E-state index contributed by atoms with van der Waals surface area (Å²) in [4.78, 5) is 10.3. The molecule has 46 valence electrons. The first-order valence-electron chi connectivity index (χ1n) is 2.33. The Kier molecular flexibility index (Phi) is 2.88. The third kappa shape index (κ3) is 3.36. The molecular formula is C5H10N2O. The lowest BCUT2D eigenvalue weighted by molar-refractivity contribution is -0.113. The molecule has 3 heteroatoms. The van der Waals surface area contributed by atoms with E-state index in [0.29, 0.717) is 5.70 Å². The minimum absolute atomic E-state index is 0.0362. The zero-order valence-corrected chi connectivity index (χ0v) is 4.85. The third-order valence-corrected chi connectivity index (χ3v) is 0.590. The number of rotatable bonds is 2. The maximum Gasteiger partial charge on any atom is 0.170 e. The highest BCUT2D eigenvalue weighted by molar-refractivity contribution is 5.91. The number of nitrogens with two attached hydrogens (primary N) is 2. The molecule has 0 spiro atoms. The van der Waals surface area contributed by atoms with Crippen molar-refractivity contribution in [3.8, 4) is 0 Å². The minimum atomic E-state index is -0.134. The molecule has 0 aliphatic carbocycles. The van der Waals surface area contributed by atoms with Crippen molar-refractivity contribution in [2.45, 2.75) is 6.92 Å². The lowest BCUT2D eigenvalue weighted by Crippen LogP contribution is -2.11. The molecule has 3 nitrogen and oxygen atoms in total. The van der Waals surface area contributed by atoms with Gasteiger partial charge in [0, 0.05) is 11.8 Å². The molecule has 0 bridgehead atoms. The van der Waals surface area contributed by atoms with Gasteiger partial charge in [0.2, 0.25) is 0 Å². The molecule has 0 aliphatic rings. The Labute approximate surface area is 48.4 Å². The fraction of sp³-hybridized carbons (Fsp3) is 0.400. The van der Waals surface area contributed by atoms with Gasteiger partial charge in [-0.1, -0.05) is 0 Å². The van der Waals surface area contributed by atoms with Gasteiger partial charge in [-0.25, -0.2) is 0 Å². The molecule has 0 radical (unpaired) electrons. The van der Waals surface area contributed by atoms with Gasteiger partial charge in [0.05, 0.1) is 6.54 Å². The second-order valence-corrected chi connectivity index (χ2v) is 1.56. The highest BCUT2D eigenvalue weighted by Gasteiger charge is 1.88. The molecule has 0 aromatic heterocycles. The monoisotopic (exact) mass is 114 g/mol. The van der Waals surface area contributed by atoms with Crippen LogP contribution in [0, 0.1) is 0 Å². The third-order valence-electron chi connectivity index (χ3n) is 0.590. The van der Waals surface area contributed by atoms with Crippen LogP contribution in [0.5, 0.6) is 0 Å². The van der Waals surface area contributed by atoms with Crippen LogP contribution in [0.15, 0.2) is 11.8 Å². The standard InChI is InChI=1S/C5H10N2O/c1-4(7)2-5(8)3-6/h2H,3,6-7H2,1H3. The van der Waals surface area contributed by atoms with Crippen LogP contribution in [-0.4, -0.2) is 12.3 Å². The van der Waals surface area contributed by atoms with Crippen LogP contribution in [0.3, 0.4) is 0 Å². The Hall–Kier alpha value is -0.830. The molecule has 0 rings (SSSR count). The largest absolute Gasteiger partial charge is 0.402 e. The lowest BCUT2D eigenvalue weighted by Gasteiger charge is -1.86. The van der Waals surface area contributed by atoms with Crippen LogP contribution in [-0.2, 0) is 4.79 Å². The van der Waals surface area contributed by atoms with Gasteiger partial charge in [0.1, 0.15) is 0 Å². The minimum Gasteiger partial charge on any atom is -0.402 e. The summed E-state index contributed by atoms with van der Waals surface area (Å²) in [6.07, 6.45) is 1.32. The quantitative estimate of drug-likeness (QED) is 0.470. The molecule has 0 saturated carbocycles. The van der Waals surface area contributed by atoms with E-state index in [4.69, 9.17) is 11.5 Å². The van der Waals surface area contributed by atoms with Gasteiger partial charge in [-0.15, -0.1) is 0 Å². The molecule has 4 N–H and O–H groups in total. The summed E-state index contributed by atoms with van der Waals surface area (Å²) in [6, 6.07) is 0. The molecule has 0 aliphatic heterocycles. The molecule has 0 fully saturated rings. The summed E-state index contributed by atoms with van der Waals surface area (Å²) in [7, 11) is 0. The van der Waals surface area contributed by atoms with Crippen molar-refractivity contribution < 1.29 is 4.79 Å². The van der Waals surface area contributed by atoms with Crippen LogP contribution in [0.1, 0.15) is 6.92 Å². The fourth-order valence-corrected chi connectivity index (χ4v) is 0.313. The van der Waals surface area contributed by atoms with Crippen molar-refractivity contribution in [1.29, 1.82) is 0 Å². The van der Waals surface area contributed by atoms with Crippen molar-refractivity contribution in [3.63, 3.8) is 0 Å². The summed E-state index contributed by atoms with van der Waals surface area (Å²) >= 11 is 0. The normalized spacial score (nSPS) is 11.5. The summed E-state index contributed by atoms with van der Waals surface area (Å²) in [5.41, 5.74) is 10.6. The Morgan fingerprint density at radius 1 is 1.75 bits per heavy atom. The Morgan fingerprint density at radius 2 is 2.25 bits per heavy atom. The summed E-state index contributed by atoms with van der Waals surface area (Å²) in [5, 5.41) is 0. The molecule has 0 heterocycles. The zero-order chi connectivity index (χ0) is 6.57. The van der Waals surface area contributed by atoms with Gasteiger partial charge in [0.25, 0.3) is 0 Å². The molecule has 0 aromatic rings. The molecular weight excluding hydrogens is 104 g/mol. The second kappa shape index (κ2) is 3.21. The number of carbonyl (C=O) groups is 1. The lowest BCUT2D eigenvalue weighted by atomic mass is 10.3. The predicted molar refractivity (Wildman–Crippen MR) is 32.0 cm³/mol. The first-order chi connectivity index (χ1) is 3.66. The maximum absolute atomic E-state index is 10.3. The first-order valence-corrected chi connectivity index (χ1v) is 2.33. The van der Waals surface area contributed by atoms with Crippen LogP contribution < -0.4 is 11.5 Å². The summed E-state index contributed by atoms with van der Waals surface area (Å²) in [6.45, 7) is 1.68. The van der Waals surface area contributed by atoms with E-state index in [9.17, 15) is 4.79 Å². The van der Waals surface area contributed by atoms with E-state index in [-0.39, 0.29) is 12.3 Å². The van der Waals surface area contributed by atoms with E-state index < -0.39 is 0 Å². The van der Waals surface area contributed by atoms with Crippen LogP contribution in [0.25, 0.3) is 0 Å². The number of hydrogen-bond donors (Lipinski definition) is 2. The fourth-order valence-electron chi connectivity index (χ4n) is 0.313. The number of carbonyl (C=O) groups excluding carboxylic acids is 1. The maximum atomic E-state index is 10.3. The highest BCUT2D eigenvalue weighted by Crippen LogP contribution is 1.78. The average Bonchev–Trinajstić information content (AvgIpc) is 1.65. The van der Waals surface area contributed by atoms with Crippen molar-refractivity contribution in [2.24, 2.45) is 11.5 Å². The van der Waals surface area contributed by atoms with Gasteiger partial charge in [-0.2, -0.15) is 0 Å². The molecule has 0 amide bonds. The van der Waals surface area contributed by atoms with E-state index in [1.165, 1.54) is 6.08 Å². The molecule has 0 atom stereocenters.